The number of hydrogen-bond donors (Lipinski definition) is 1. The quantitative estimate of drug-likeness (QED) is 0.676. The van der Waals surface area contributed by atoms with Crippen molar-refractivity contribution in [3.8, 4) is 29.4 Å². The number of nitrogens with one attached hydrogen (secondary N) is 1. The second-order valence-corrected chi connectivity index (χ2v) is 6.14. The molecule has 0 radical (unpaired) electrons. The molecule has 1 aromatic heterocycles. The fraction of sp³-hybridized carbons (Fsp3) is 0.150. The molecule has 0 aliphatic rings. The molecule has 0 amide bonds. The minimum absolute atomic E-state index is 0.838. The molecule has 2 aromatic carbocycles. The molecule has 4 heteroatoms. The molecule has 0 unspecified atom stereocenters. The zero-order valence-electron chi connectivity index (χ0n) is 13.5. The van der Waals surface area contributed by atoms with E-state index in [1.54, 1.807) is 18.4 Å². The summed E-state index contributed by atoms with van der Waals surface area (Å²) in [5, 5.41) is 6.37. The molecule has 0 saturated carbocycles. The Bertz CT molecular complexity index is 829. The van der Waals surface area contributed by atoms with Crippen molar-refractivity contribution in [1.29, 1.82) is 0 Å². The zero-order chi connectivity index (χ0) is 16.8. The summed E-state index contributed by atoms with van der Waals surface area (Å²) in [7, 11) is 1.67. The highest BCUT2D eigenvalue weighted by Gasteiger charge is 2.04. The third-order valence-corrected chi connectivity index (χ3v) is 4.50. The van der Waals surface area contributed by atoms with Crippen LogP contribution in [0.3, 0.4) is 0 Å². The summed E-state index contributed by atoms with van der Waals surface area (Å²) in [4.78, 5) is 4.63. The summed E-state index contributed by atoms with van der Waals surface area (Å²) in [5.41, 5.74) is 4.23. The number of thiazole rings is 1. The summed E-state index contributed by atoms with van der Waals surface area (Å²) in [6.07, 6.45) is 6.30. The molecule has 3 aromatic rings. The van der Waals surface area contributed by atoms with Gasteiger partial charge in [-0.2, -0.15) is 0 Å². The predicted molar refractivity (Wildman–Crippen MR) is 101 cm³/mol. The second kappa shape index (κ2) is 7.67. The molecule has 3 rings (SSSR count). The molecule has 0 bridgehead atoms. The van der Waals surface area contributed by atoms with Gasteiger partial charge in [-0.25, -0.2) is 4.98 Å². The van der Waals surface area contributed by atoms with Crippen LogP contribution >= 0.6 is 11.3 Å². The Labute approximate surface area is 146 Å². The van der Waals surface area contributed by atoms with Crippen LogP contribution in [0.15, 0.2) is 53.9 Å². The van der Waals surface area contributed by atoms with Gasteiger partial charge in [-0.1, -0.05) is 18.1 Å². The Morgan fingerprint density at radius 2 is 1.88 bits per heavy atom. The molecule has 0 saturated heterocycles. The summed E-state index contributed by atoms with van der Waals surface area (Å²) in [6.45, 7) is 0.838. The molecule has 0 aliphatic heterocycles. The van der Waals surface area contributed by atoms with Crippen molar-refractivity contribution in [2.24, 2.45) is 0 Å². The van der Waals surface area contributed by atoms with Gasteiger partial charge in [0.2, 0.25) is 0 Å². The molecule has 1 N–H and O–H groups in total. The van der Waals surface area contributed by atoms with E-state index in [-0.39, 0.29) is 0 Å². The fourth-order valence-corrected chi connectivity index (χ4v) is 3.08. The van der Waals surface area contributed by atoms with E-state index < -0.39 is 0 Å². The predicted octanol–water partition coefficient (Wildman–Crippen LogP) is 4.45. The van der Waals surface area contributed by atoms with Crippen LogP contribution < -0.4 is 10.1 Å². The van der Waals surface area contributed by atoms with Gasteiger partial charge in [-0.05, 0) is 48.4 Å². The Morgan fingerprint density at radius 3 is 2.54 bits per heavy atom. The minimum Gasteiger partial charge on any atom is -0.497 e. The van der Waals surface area contributed by atoms with Gasteiger partial charge in [0.15, 0.2) is 5.13 Å². The number of terminal acetylenes is 1. The maximum Gasteiger partial charge on any atom is 0.183 e. The van der Waals surface area contributed by atoms with Crippen molar-refractivity contribution in [1.82, 2.24) is 4.98 Å². The van der Waals surface area contributed by atoms with E-state index in [0.717, 1.165) is 40.7 Å². The fourth-order valence-electron chi connectivity index (χ4n) is 2.33. The first-order valence-electron chi connectivity index (χ1n) is 7.68. The highest BCUT2D eigenvalue weighted by atomic mass is 32.1. The highest BCUT2D eigenvalue weighted by Crippen LogP contribution is 2.26. The number of aromatic nitrogens is 1. The van der Waals surface area contributed by atoms with Gasteiger partial charge in [-0.3, -0.25) is 0 Å². The summed E-state index contributed by atoms with van der Waals surface area (Å²) in [6, 6.07) is 16.0. The maximum atomic E-state index is 5.37. The summed E-state index contributed by atoms with van der Waals surface area (Å²) < 4.78 is 5.18. The number of benzene rings is 2. The third kappa shape index (κ3) is 3.95. The maximum absolute atomic E-state index is 5.37. The lowest BCUT2D eigenvalue weighted by Crippen LogP contribution is -2.04. The van der Waals surface area contributed by atoms with Crippen LogP contribution in [0.4, 0.5) is 5.13 Å². The Morgan fingerprint density at radius 1 is 1.12 bits per heavy atom. The Hall–Kier alpha value is -2.77. The van der Waals surface area contributed by atoms with Gasteiger partial charge in [0.1, 0.15) is 5.75 Å². The largest absolute Gasteiger partial charge is 0.497 e. The normalized spacial score (nSPS) is 10.2. The standard InChI is InChI=1S/C20H18N2OS/c1-3-15-4-6-16(7-5-15)12-13-21-20-22-19(14-24-20)17-8-10-18(23-2)11-9-17/h1,4-11,14H,12-13H2,2H3,(H,21,22). The molecule has 0 fully saturated rings. The van der Waals surface area contributed by atoms with Gasteiger partial charge in [0.05, 0.1) is 12.8 Å². The molecule has 24 heavy (non-hydrogen) atoms. The van der Waals surface area contributed by atoms with Gasteiger partial charge < -0.3 is 10.1 Å². The van der Waals surface area contributed by atoms with Crippen LogP contribution in [-0.2, 0) is 6.42 Å². The van der Waals surface area contributed by atoms with E-state index in [9.17, 15) is 0 Å². The number of rotatable bonds is 6. The van der Waals surface area contributed by atoms with E-state index in [4.69, 9.17) is 11.2 Å². The van der Waals surface area contributed by atoms with Gasteiger partial charge in [0.25, 0.3) is 0 Å². The van der Waals surface area contributed by atoms with Crippen LogP contribution in [0.1, 0.15) is 11.1 Å². The topological polar surface area (TPSA) is 34.2 Å². The van der Waals surface area contributed by atoms with Crippen molar-refractivity contribution in [3.63, 3.8) is 0 Å². The van der Waals surface area contributed by atoms with Crippen molar-refractivity contribution in [2.75, 3.05) is 19.0 Å². The highest BCUT2D eigenvalue weighted by molar-refractivity contribution is 7.14. The van der Waals surface area contributed by atoms with Gasteiger partial charge >= 0.3 is 0 Å². The van der Waals surface area contributed by atoms with Crippen LogP contribution in [0, 0.1) is 12.3 Å². The van der Waals surface area contributed by atoms with Crippen LogP contribution in [0.5, 0.6) is 5.75 Å². The smallest absolute Gasteiger partial charge is 0.183 e. The van der Waals surface area contributed by atoms with Crippen molar-refractivity contribution < 1.29 is 4.74 Å². The summed E-state index contributed by atoms with van der Waals surface area (Å²) in [5.74, 6) is 3.48. The molecule has 0 aliphatic carbocycles. The van der Waals surface area contributed by atoms with Crippen LogP contribution in [-0.4, -0.2) is 18.6 Å². The Kier molecular flexibility index (Phi) is 5.15. The van der Waals surface area contributed by atoms with Gasteiger partial charge in [0, 0.05) is 23.1 Å². The monoisotopic (exact) mass is 334 g/mol. The van der Waals surface area contributed by atoms with Crippen LogP contribution in [0.25, 0.3) is 11.3 Å². The molecule has 3 nitrogen and oxygen atoms in total. The average Bonchev–Trinajstić information content (AvgIpc) is 3.11. The lowest BCUT2D eigenvalue weighted by molar-refractivity contribution is 0.415. The SMILES string of the molecule is C#Cc1ccc(CCNc2nc(-c3ccc(OC)cc3)cs2)cc1. The molecule has 120 valence electrons. The summed E-state index contributed by atoms with van der Waals surface area (Å²) >= 11 is 1.62. The van der Waals surface area contributed by atoms with E-state index in [1.165, 1.54) is 5.56 Å². The molecular formula is C20H18N2OS. The van der Waals surface area contributed by atoms with Crippen LogP contribution in [0.2, 0.25) is 0 Å². The lowest BCUT2D eigenvalue weighted by Gasteiger charge is -2.03. The van der Waals surface area contributed by atoms with E-state index in [2.05, 4.69) is 33.7 Å². The van der Waals surface area contributed by atoms with E-state index in [0.29, 0.717) is 0 Å². The molecule has 0 spiro atoms. The number of nitrogens with zero attached hydrogens (tertiary/aromatic N) is 1. The minimum atomic E-state index is 0.838. The first-order valence-corrected chi connectivity index (χ1v) is 8.56. The lowest BCUT2D eigenvalue weighted by atomic mass is 10.1. The van der Waals surface area contributed by atoms with Crippen molar-refractivity contribution in [3.05, 3.63) is 65.0 Å². The number of ether oxygens (including phenoxy) is 1. The number of methoxy groups -OCH3 is 1. The molecule has 1 heterocycles. The van der Waals surface area contributed by atoms with Crippen molar-refractivity contribution in [2.45, 2.75) is 6.42 Å². The second-order valence-electron chi connectivity index (χ2n) is 5.28. The Balaban J connectivity index is 1.56. The van der Waals surface area contributed by atoms with E-state index in [1.807, 2.05) is 36.4 Å². The third-order valence-electron chi connectivity index (χ3n) is 3.70. The number of hydrogen-bond acceptors (Lipinski definition) is 4. The van der Waals surface area contributed by atoms with E-state index >= 15 is 0 Å². The first-order chi connectivity index (χ1) is 11.8. The average molecular weight is 334 g/mol. The zero-order valence-corrected chi connectivity index (χ0v) is 14.3. The molecule has 0 atom stereocenters. The number of anilines is 1. The first kappa shape index (κ1) is 16.1. The van der Waals surface area contributed by atoms with Crippen molar-refractivity contribution >= 4 is 16.5 Å². The molecular weight excluding hydrogens is 316 g/mol. The van der Waals surface area contributed by atoms with Gasteiger partial charge in [-0.15, -0.1) is 17.8 Å².